The van der Waals surface area contributed by atoms with Gasteiger partial charge in [0.25, 0.3) is 0 Å². The molecule has 0 aliphatic rings. The average molecular weight is 222 g/mol. The molecule has 0 atom stereocenters. The van der Waals surface area contributed by atoms with E-state index in [0.717, 1.165) is 17.9 Å². The molecule has 0 spiro atoms. The van der Waals surface area contributed by atoms with Crippen LogP contribution in [0.3, 0.4) is 0 Å². The van der Waals surface area contributed by atoms with Crippen molar-refractivity contribution >= 4 is 0 Å². The van der Waals surface area contributed by atoms with Crippen LogP contribution in [0.2, 0.25) is 0 Å². The van der Waals surface area contributed by atoms with Gasteiger partial charge in [-0.25, -0.2) is 8.78 Å². The van der Waals surface area contributed by atoms with Crippen LogP contribution in [0, 0.1) is 11.6 Å². The van der Waals surface area contributed by atoms with Crippen LogP contribution in [0.1, 0.15) is 0 Å². The van der Waals surface area contributed by atoms with Crippen LogP contribution in [0.15, 0.2) is 54.6 Å². The monoisotopic (exact) mass is 222 g/mol. The van der Waals surface area contributed by atoms with Gasteiger partial charge in [-0.15, -0.1) is 0 Å². The van der Waals surface area contributed by atoms with Crippen molar-refractivity contribution in [2.75, 3.05) is 7.11 Å². The molecule has 84 valence electrons. The highest BCUT2D eigenvalue weighted by molar-refractivity contribution is 5.20. The van der Waals surface area contributed by atoms with E-state index in [2.05, 4.69) is 0 Å². The first-order valence-corrected chi connectivity index (χ1v) is 4.73. The minimum Gasteiger partial charge on any atom is -0.497 e. The van der Waals surface area contributed by atoms with Crippen LogP contribution in [-0.4, -0.2) is 7.11 Å². The topological polar surface area (TPSA) is 9.23 Å². The Hall–Kier alpha value is -1.90. The zero-order chi connectivity index (χ0) is 11.8. The van der Waals surface area contributed by atoms with Crippen molar-refractivity contribution in [3.05, 3.63) is 66.2 Å². The Kier molecular flexibility index (Phi) is 4.99. The molecule has 1 nitrogen and oxygen atoms in total. The van der Waals surface area contributed by atoms with Crippen molar-refractivity contribution in [1.82, 2.24) is 0 Å². The molecule has 0 aliphatic heterocycles. The molecule has 0 heterocycles. The number of hydrogen-bond acceptors (Lipinski definition) is 1. The quantitative estimate of drug-likeness (QED) is 0.715. The summed E-state index contributed by atoms with van der Waals surface area (Å²) in [5, 5.41) is 0. The number of methoxy groups -OCH3 is 1. The maximum Gasteiger partial charge on any atom is 0.158 e. The molecule has 0 fully saturated rings. The Morgan fingerprint density at radius 1 is 0.750 bits per heavy atom. The van der Waals surface area contributed by atoms with Crippen molar-refractivity contribution < 1.29 is 13.5 Å². The van der Waals surface area contributed by atoms with Gasteiger partial charge >= 0.3 is 0 Å². The van der Waals surface area contributed by atoms with Gasteiger partial charge < -0.3 is 4.74 Å². The van der Waals surface area contributed by atoms with Crippen molar-refractivity contribution in [3.63, 3.8) is 0 Å². The predicted octanol–water partition coefficient (Wildman–Crippen LogP) is 3.66. The lowest BCUT2D eigenvalue weighted by Crippen LogP contribution is -1.78. The van der Waals surface area contributed by atoms with E-state index in [1.54, 1.807) is 7.11 Å². The molecule has 0 saturated carbocycles. The molecule has 0 aliphatic carbocycles. The van der Waals surface area contributed by atoms with E-state index in [-0.39, 0.29) is 0 Å². The first kappa shape index (κ1) is 12.2. The van der Waals surface area contributed by atoms with Gasteiger partial charge in [-0.3, -0.25) is 0 Å². The normalized spacial score (nSPS) is 8.94. The Labute approximate surface area is 93.3 Å². The largest absolute Gasteiger partial charge is 0.497 e. The van der Waals surface area contributed by atoms with Gasteiger partial charge in [-0.05, 0) is 24.3 Å². The molecule has 0 N–H and O–H groups in total. The molecule has 0 radical (unpaired) electrons. The Bertz CT molecular complexity index is 394. The highest BCUT2D eigenvalue weighted by atomic mass is 19.2. The summed E-state index contributed by atoms with van der Waals surface area (Å²) in [7, 11) is 1.66. The third kappa shape index (κ3) is 4.09. The first-order chi connectivity index (χ1) is 7.74. The van der Waals surface area contributed by atoms with E-state index >= 15 is 0 Å². The molecule has 3 heteroatoms. The van der Waals surface area contributed by atoms with Crippen LogP contribution < -0.4 is 4.74 Å². The second-order valence-corrected chi connectivity index (χ2v) is 2.93. The summed E-state index contributed by atoms with van der Waals surface area (Å²) in [5.41, 5.74) is 0. The molecular formula is C13H12F2O. The molecule has 0 aromatic heterocycles. The lowest BCUT2D eigenvalue weighted by atomic mass is 10.3. The minimum absolute atomic E-state index is 0.799. The number of ether oxygens (including phenoxy) is 1. The van der Waals surface area contributed by atoms with E-state index < -0.39 is 11.6 Å². The number of benzene rings is 2. The van der Waals surface area contributed by atoms with Crippen LogP contribution in [-0.2, 0) is 0 Å². The van der Waals surface area contributed by atoms with Crippen molar-refractivity contribution in [2.45, 2.75) is 0 Å². The van der Waals surface area contributed by atoms with Gasteiger partial charge in [0.15, 0.2) is 11.6 Å². The van der Waals surface area contributed by atoms with Gasteiger partial charge in [0, 0.05) is 0 Å². The standard InChI is InChI=1S/C7H8O.C6H4F2/c1-8-7-5-3-2-4-6-7;7-5-3-1-2-4-6(5)8/h2-6H,1H3;1-4H. The molecule has 0 unspecified atom stereocenters. The Morgan fingerprint density at radius 3 is 1.50 bits per heavy atom. The minimum atomic E-state index is -0.799. The van der Waals surface area contributed by atoms with E-state index in [0.29, 0.717) is 0 Å². The summed E-state index contributed by atoms with van der Waals surface area (Å²) in [6, 6.07) is 14.7. The highest BCUT2D eigenvalue weighted by Gasteiger charge is 1.93. The fraction of sp³-hybridized carbons (Fsp3) is 0.0769. The number of halogens is 2. The molecule has 0 amide bonds. The third-order valence-electron chi connectivity index (χ3n) is 1.80. The SMILES string of the molecule is COc1ccccc1.Fc1ccccc1F. The van der Waals surface area contributed by atoms with Gasteiger partial charge in [-0.1, -0.05) is 30.3 Å². The maximum atomic E-state index is 11.9. The zero-order valence-corrected chi connectivity index (χ0v) is 8.86. The summed E-state index contributed by atoms with van der Waals surface area (Å²) in [6.07, 6.45) is 0. The molecular weight excluding hydrogens is 210 g/mol. The Morgan fingerprint density at radius 2 is 1.19 bits per heavy atom. The summed E-state index contributed by atoms with van der Waals surface area (Å²) in [6.45, 7) is 0. The van der Waals surface area contributed by atoms with E-state index in [4.69, 9.17) is 4.74 Å². The van der Waals surface area contributed by atoms with Crippen LogP contribution in [0.5, 0.6) is 5.75 Å². The molecule has 0 bridgehead atoms. The third-order valence-corrected chi connectivity index (χ3v) is 1.80. The van der Waals surface area contributed by atoms with E-state index in [9.17, 15) is 8.78 Å². The summed E-state index contributed by atoms with van der Waals surface area (Å²) >= 11 is 0. The smallest absolute Gasteiger partial charge is 0.158 e. The number of rotatable bonds is 1. The summed E-state index contributed by atoms with van der Waals surface area (Å²) in [4.78, 5) is 0. The Balaban J connectivity index is 0.000000160. The lowest BCUT2D eigenvalue weighted by molar-refractivity contribution is 0.415. The van der Waals surface area contributed by atoms with E-state index in [1.165, 1.54) is 12.1 Å². The van der Waals surface area contributed by atoms with Crippen molar-refractivity contribution in [1.29, 1.82) is 0 Å². The van der Waals surface area contributed by atoms with Gasteiger partial charge in [0.05, 0.1) is 7.11 Å². The predicted molar refractivity (Wildman–Crippen MR) is 59.4 cm³/mol. The molecule has 16 heavy (non-hydrogen) atoms. The highest BCUT2D eigenvalue weighted by Crippen LogP contribution is 2.05. The van der Waals surface area contributed by atoms with Crippen LogP contribution in [0.25, 0.3) is 0 Å². The summed E-state index contributed by atoms with van der Waals surface area (Å²) < 4.78 is 28.8. The second-order valence-electron chi connectivity index (χ2n) is 2.93. The van der Waals surface area contributed by atoms with Gasteiger partial charge in [0.2, 0.25) is 0 Å². The number of hydrogen-bond donors (Lipinski definition) is 0. The lowest BCUT2D eigenvalue weighted by Gasteiger charge is -1.93. The molecule has 2 rings (SSSR count). The zero-order valence-electron chi connectivity index (χ0n) is 8.86. The molecule has 0 saturated heterocycles. The average Bonchev–Trinajstić information content (AvgIpc) is 2.35. The molecule has 2 aromatic carbocycles. The fourth-order valence-electron chi connectivity index (χ4n) is 0.996. The van der Waals surface area contributed by atoms with E-state index in [1.807, 2.05) is 30.3 Å². The van der Waals surface area contributed by atoms with Gasteiger partial charge in [0.1, 0.15) is 5.75 Å². The second kappa shape index (κ2) is 6.56. The molecule has 2 aromatic rings. The number of para-hydroxylation sites is 1. The maximum absolute atomic E-state index is 11.9. The van der Waals surface area contributed by atoms with Crippen molar-refractivity contribution in [3.8, 4) is 5.75 Å². The van der Waals surface area contributed by atoms with Gasteiger partial charge in [-0.2, -0.15) is 0 Å². The van der Waals surface area contributed by atoms with Crippen molar-refractivity contribution in [2.24, 2.45) is 0 Å². The summed E-state index contributed by atoms with van der Waals surface area (Å²) in [5.74, 6) is -0.687. The first-order valence-electron chi connectivity index (χ1n) is 4.73. The fourth-order valence-corrected chi connectivity index (χ4v) is 0.996. The van der Waals surface area contributed by atoms with Crippen LogP contribution in [0.4, 0.5) is 8.78 Å². The van der Waals surface area contributed by atoms with Crippen LogP contribution >= 0.6 is 0 Å².